The molecule has 0 saturated carbocycles. The Bertz CT molecular complexity index is 458. The normalized spacial score (nSPS) is 21.2. The molecule has 1 N–H and O–H groups in total. The van der Waals surface area contributed by atoms with E-state index in [4.69, 9.17) is 0 Å². The minimum absolute atomic E-state index is 0.683. The van der Waals surface area contributed by atoms with E-state index >= 15 is 0 Å². The standard InChI is InChI=1S/C10H13N5/c1-3-11-5-8(1)7-15-10-2-4-12-6-9(10)13-14-15/h2,4,6,8,11H,1,3,5,7H2. The first-order valence-corrected chi connectivity index (χ1v) is 5.27. The summed E-state index contributed by atoms with van der Waals surface area (Å²) in [5, 5.41) is 11.6. The molecule has 1 saturated heterocycles. The Labute approximate surface area is 87.5 Å². The average molecular weight is 203 g/mol. The lowest BCUT2D eigenvalue weighted by molar-refractivity contribution is 0.450. The third kappa shape index (κ3) is 1.59. The van der Waals surface area contributed by atoms with Gasteiger partial charge in [0.1, 0.15) is 5.52 Å². The van der Waals surface area contributed by atoms with E-state index in [1.165, 1.54) is 6.42 Å². The molecule has 3 heterocycles. The Morgan fingerprint density at radius 3 is 3.40 bits per heavy atom. The fraction of sp³-hybridized carbons (Fsp3) is 0.500. The molecule has 0 aromatic carbocycles. The van der Waals surface area contributed by atoms with Gasteiger partial charge in [-0.15, -0.1) is 5.10 Å². The Morgan fingerprint density at radius 2 is 2.53 bits per heavy atom. The molecular weight excluding hydrogens is 190 g/mol. The monoisotopic (exact) mass is 203 g/mol. The van der Waals surface area contributed by atoms with Crippen LogP contribution in [-0.4, -0.2) is 33.1 Å². The number of pyridine rings is 1. The van der Waals surface area contributed by atoms with Crippen LogP contribution < -0.4 is 5.32 Å². The fourth-order valence-corrected chi connectivity index (χ4v) is 2.07. The lowest BCUT2D eigenvalue weighted by Crippen LogP contribution is -2.15. The van der Waals surface area contributed by atoms with Crippen LogP contribution in [0.1, 0.15) is 6.42 Å². The van der Waals surface area contributed by atoms with Crippen molar-refractivity contribution in [2.75, 3.05) is 13.1 Å². The lowest BCUT2D eigenvalue weighted by atomic mass is 10.1. The van der Waals surface area contributed by atoms with Crippen LogP contribution in [0.5, 0.6) is 0 Å². The third-order valence-electron chi connectivity index (χ3n) is 2.91. The summed E-state index contributed by atoms with van der Waals surface area (Å²) >= 11 is 0. The number of aromatic nitrogens is 4. The van der Waals surface area contributed by atoms with Crippen molar-refractivity contribution in [2.24, 2.45) is 5.92 Å². The molecular formula is C10H13N5. The molecule has 2 aromatic rings. The molecule has 0 radical (unpaired) electrons. The van der Waals surface area contributed by atoms with Crippen LogP contribution >= 0.6 is 0 Å². The van der Waals surface area contributed by atoms with E-state index in [0.717, 1.165) is 30.7 Å². The molecule has 1 atom stereocenters. The molecule has 3 rings (SSSR count). The van der Waals surface area contributed by atoms with Crippen molar-refractivity contribution in [1.82, 2.24) is 25.3 Å². The summed E-state index contributed by atoms with van der Waals surface area (Å²) in [6.45, 7) is 3.17. The van der Waals surface area contributed by atoms with Crippen LogP contribution in [0.4, 0.5) is 0 Å². The van der Waals surface area contributed by atoms with Gasteiger partial charge in [-0.1, -0.05) is 5.21 Å². The Hall–Kier alpha value is -1.49. The highest BCUT2D eigenvalue weighted by Crippen LogP contribution is 2.14. The minimum atomic E-state index is 0.683. The molecule has 0 amide bonds. The van der Waals surface area contributed by atoms with Crippen molar-refractivity contribution in [3.63, 3.8) is 0 Å². The predicted octanol–water partition coefficient (Wildman–Crippen LogP) is 0.436. The number of nitrogens with one attached hydrogen (secondary N) is 1. The van der Waals surface area contributed by atoms with Crippen LogP contribution in [0.3, 0.4) is 0 Å². The summed E-state index contributed by atoms with van der Waals surface area (Å²) in [4.78, 5) is 4.03. The van der Waals surface area contributed by atoms with Crippen molar-refractivity contribution in [3.8, 4) is 0 Å². The highest BCUT2D eigenvalue weighted by molar-refractivity contribution is 5.72. The quantitative estimate of drug-likeness (QED) is 0.769. The first kappa shape index (κ1) is 8.79. The highest BCUT2D eigenvalue weighted by Gasteiger charge is 2.16. The van der Waals surface area contributed by atoms with Crippen LogP contribution in [0.25, 0.3) is 11.0 Å². The second-order valence-electron chi connectivity index (χ2n) is 3.99. The first-order valence-electron chi connectivity index (χ1n) is 5.27. The zero-order valence-corrected chi connectivity index (χ0v) is 8.43. The number of rotatable bonds is 2. The van der Waals surface area contributed by atoms with Gasteiger partial charge in [0.2, 0.25) is 0 Å². The van der Waals surface area contributed by atoms with Crippen molar-refractivity contribution in [2.45, 2.75) is 13.0 Å². The van der Waals surface area contributed by atoms with E-state index in [-0.39, 0.29) is 0 Å². The maximum atomic E-state index is 4.16. The summed E-state index contributed by atoms with van der Waals surface area (Å²) in [5.74, 6) is 0.683. The molecule has 0 spiro atoms. The van der Waals surface area contributed by atoms with Gasteiger partial charge in [-0.25, -0.2) is 4.68 Å². The molecule has 1 unspecified atom stereocenters. The zero-order chi connectivity index (χ0) is 10.1. The van der Waals surface area contributed by atoms with Crippen LogP contribution in [0.2, 0.25) is 0 Å². The maximum Gasteiger partial charge on any atom is 0.131 e. The van der Waals surface area contributed by atoms with Crippen LogP contribution in [-0.2, 0) is 6.54 Å². The molecule has 5 nitrogen and oxygen atoms in total. The van der Waals surface area contributed by atoms with E-state index in [0.29, 0.717) is 5.92 Å². The number of fused-ring (bicyclic) bond motifs is 1. The third-order valence-corrected chi connectivity index (χ3v) is 2.91. The molecule has 78 valence electrons. The van der Waals surface area contributed by atoms with E-state index in [1.54, 1.807) is 12.4 Å². The van der Waals surface area contributed by atoms with Gasteiger partial charge in [-0.05, 0) is 31.5 Å². The van der Waals surface area contributed by atoms with Gasteiger partial charge in [0.15, 0.2) is 0 Å². The molecule has 1 aliphatic rings. The minimum Gasteiger partial charge on any atom is -0.316 e. The Kier molecular flexibility index (Phi) is 2.10. The SMILES string of the molecule is c1cc2c(cn1)nnn2CC1CCNC1. The largest absolute Gasteiger partial charge is 0.316 e. The van der Waals surface area contributed by atoms with Gasteiger partial charge in [-0.2, -0.15) is 0 Å². The number of nitrogens with zero attached hydrogens (tertiary/aromatic N) is 4. The van der Waals surface area contributed by atoms with Gasteiger partial charge in [0.25, 0.3) is 0 Å². The number of hydrogen-bond acceptors (Lipinski definition) is 4. The van der Waals surface area contributed by atoms with Gasteiger partial charge in [-0.3, -0.25) is 4.98 Å². The second-order valence-corrected chi connectivity index (χ2v) is 3.99. The van der Waals surface area contributed by atoms with Crippen molar-refractivity contribution < 1.29 is 0 Å². The predicted molar refractivity (Wildman–Crippen MR) is 56.3 cm³/mol. The topological polar surface area (TPSA) is 55.6 Å². The Morgan fingerprint density at radius 1 is 1.53 bits per heavy atom. The lowest BCUT2D eigenvalue weighted by Gasteiger charge is -2.07. The van der Waals surface area contributed by atoms with E-state index < -0.39 is 0 Å². The highest BCUT2D eigenvalue weighted by atomic mass is 15.4. The van der Waals surface area contributed by atoms with E-state index in [9.17, 15) is 0 Å². The van der Waals surface area contributed by atoms with Crippen LogP contribution in [0.15, 0.2) is 18.5 Å². The van der Waals surface area contributed by atoms with Crippen molar-refractivity contribution >= 4 is 11.0 Å². The van der Waals surface area contributed by atoms with E-state index in [2.05, 4.69) is 20.6 Å². The number of hydrogen-bond donors (Lipinski definition) is 1. The summed E-state index contributed by atoms with van der Waals surface area (Å²) in [5.41, 5.74) is 1.96. The van der Waals surface area contributed by atoms with Gasteiger partial charge in [0, 0.05) is 12.7 Å². The smallest absolute Gasteiger partial charge is 0.131 e. The zero-order valence-electron chi connectivity index (χ0n) is 8.43. The van der Waals surface area contributed by atoms with Gasteiger partial charge < -0.3 is 5.32 Å². The van der Waals surface area contributed by atoms with Crippen LogP contribution in [0, 0.1) is 5.92 Å². The van der Waals surface area contributed by atoms with Crippen molar-refractivity contribution in [1.29, 1.82) is 0 Å². The summed E-state index contributed by atoms with van der Waals surface area (Å²) in [7, 11) is 0. The molecule has 1 aliphatic heterocycles. The van der Waals surface area contributed by atoms with Crippen molar-refractivity contribution in [3.05, 3.63) is 18.5 Å². The molecule has 1 fully saturated rings. The van der Waals surface area contributed by atoms with Gasteiger partial charge >= 0.3 is 0 Å². The molecule has 5 heteroatoms. The molecule has 0 aliphatic carbocycles. The average Bonchev–Trinajstić information content (AvgIpc) is 2.89. The molecule has 15 heavy (non-hydrogen) atoms. The first-order chi connectivity index (χ1) is 7.43. The van der Waals surface area contributed by atoms with E-state index in [1.807, 2.05) is 10.7 Å². The fourth-order valence-electron chi connectivity index (χ4n) is 2.07. The Balaban J connectivity index is 1.90. The summed E-state index contributed by atoms with van der Waals surface area (Å²) in [6.07, 6.45) is 4.77. The second kappa shape index (κ2) is 3.58. The summed E-state index contributed by atoms with van der Waals surface area (Å²) < 4.78 is 1.98. The van der Waals surface area contributed by atoms with Gasteiger partial charge in [0.05, 0.1) is 11.7 Å². The summed E-state index contributed by atoms with van der Waals surface area (Å²) in [6, 6.07) is 1.97. The maximum absolute atomic E-state index is 4.16. The molecule has 0 bridgehead atoms. The molecule has 2 aromatic heterocycles.